The standard InChI is InChI=1S/C15H22ClN3O/c1-18(2)15(20)13-8-5-9-19(13)14(10-17)11-6-3-4-7-12(11)16/h3-4,6-7,13-14H,5,8-10,17H2,1-2H3. The molecule has 0 radical (unpaired) electrons. The van der Waals surface area contributed by atoms with Crippen LogP contribution in [0.2, 0.25) is 5.02 Å². The van der Waals surface area contributed by atoms with Crippen molar-refractivity contribution in [2.45, 2.75) is 24.9 Å². The van der Waals surface area contributed by atoms with Crippen molar-refractivity contribution in [3.05, 3.63) is 34.9 Å². The first kappa shape index (κ1) is 15.3. The molecule has 5 heteroatoms. The Kier molecular flexibility index (Phi) is 5.02. The molecule has 2 atom stereocenters. The van der Waals surface area contributed by atoms with Gasteiger partial charge in [0.1, 0.15) is 0 Å². The molecule has 1 aliphatic heterocycles. The molecule has 1 fully saturated rings. The Labute approximate surface area is 125 Å². The zero-order chi connectivity index (χ0) is 14.7. The first-order valence-electron chi connectivity index (χ1n) is 6.97. The molecule has 1 aromatic carbocycles. The van der Waals surface area contributed by atoms with Gasteiger partial charge in [-0.2, -0.15) is 0 Å². The molecule has 1 aliphatic rings. The highest BCUT2D eigenvalue weighted by atomic mass is 35.5. The Hall–Kier alpha value is -1.10. The molecule has 1 saturated heterocycles. The zero-order valence-corrected chi connectivity index (χ0v) is 12.8. The maximum atomic E-state index is 12.3. The molecule has 0 aliphatic carbocycles. The van der Waals surface area contributed by atoms with Crippen LogP contribution in [0.25, 0.3) is 0 Å². The van der Waals surface area contributed by atoms with E-state index in [2.05, 4.69) is 4.90 Å². The molecule has 110 valence electrons. The Morgan fingerprint density at radius 1 is 1.50 bits per heavy atom. The van der Waals surface area contributed by atoms with Crippen LogP contribution >= 0.6 is 11.6 Å². The van der Waals surface area contributed by atoms with Crippen molar-refractivity contribution in [2.75, 3.05) is 27.2 Å². The Bertz CT molecular complexity index is 478. The number of carbonyl (C=O) groups is 1. The first-order valence-corrected chi connectivity index (χ1v) is 7.35. The fourth-order valence-corrected chi connectivity index (χ4v) is 3.17. The molecular weight excluding hydrogens is 274 g/mol. The fourth-order valence-electron chi connectivity index (χ4n) is 2.91. The van der Waals surface area contributed by atoms with Crippen molar-refractivity contribution in [1.29, 1.82) is 0 Å². The molecule has 0 saturated carbocycles. The predicted octanol–water partition coefficient (Wildman–Crippen LogP) is 1.89. The highest BCUT2D eigenvalue weighted by molar-refractivity contribution is 6.31. The van der Waals surface area contributed by atoms with E-state index in [-0.39, 0.29) is 18.0 Å². The van der Waals surface area contributed by atoms with E-state index in [9.17, 15) is 4.79 Å². The molecule has 4 nitrogen and oxygen atoms in total. The number of rotatable bonds is 4. The molecule has 0 bridgehead atoms. The summed E-state index contributed by atoms with van der Waals surface area (Å²) in [5.41, 5.74) is 6.98. The van der Waals surface area contributed by atoms with E-state index in [1.165, 1.54) is 0 Å². The summed E-state index contributed by atoms with van der Waals surface area (Å²) in [4.78, 5) is 16.2. The van der Waals surface area contributed by atoms with Crippen molar-refractivity contribution in [2.24, 2.45) is 5.73 Å². The van der Waals surface area contributed by atoms with Crippen LogP contribution in [0.5, 0.6) is 0 Å². The van der Waals surface area contributed by atoms with E-state index < -0.39 is 0 Å². The van der Waals surface area contributed by atoms with Gasteiger partial charge < -0.3 is 10.6 Å². The third-order valence-electron chi connectivity index (χ3n) is 3.91. The molecule has 1 aromatic rings. The maximum Gasteiger partial charge on any atom is 0.239 e. The minimum atomic E-state index is -0.0881. The van der Waals surface area contributed by atoms with Gasteiger partial charge in [-0.1, -0.05) is 29.8 Å². The molecule has 2 rings (SSSR count). The molecule has 2 unspecified atom stereocenters. The van der Waals surface area contributed by atoms with Crippen LogP contribution in [0.15, 0.2) is 24.3 Å². The fraction of sp³-hybridized carbons (Fsp3) is 0.533. The number of benzene rings is 1. The molecule has 20 heavy (non-hydrogen) atoms. The van der Waals surface area contributed by atoms with Crippen molar-refractivity contribution >= 4 is 17.5 Å². The van der Waals surface area contributed by atoms with Gasteiger partial charge in [0.2, 0.25) is 5.91 Å². The van der Waals surface area contributed by atoms with Crippen LogP contribution in [0, 0.1) is 0 Å². The first-order chi connectivity index (χ1) is 9.56. The summed E-state index contributed by atoms with van der Waals surface area (Å²) >= 11 is 6.29. The molecule has 1 heterocycles. The van der Waals surface area contributed by atoms with Gasteiger partial charge in [-0.15, -0.1) is 0 Å². The number of hydrogen-bond acceptors (Lipinski definition) is 3. The summed E-state index contributed by atoms with van der Waals surface area (Å²) in [6.45, 7) is 1.35. The third kappa shape index (κ3) is 2.97. The number of amides is 1. The second kappa shape index (κ2) is 6.57. The molecular formula is C15H22ClN3O. The zero-order valence-electron chi connectivity index (χ0n) is 12.1. The normalized spacial score (nSPS) is 20.9. The van der Waals surface area contributed by atoms with Gasteiger partial charge in [0.15, 0.2) is 0 Å². The highest BCUT2D eigenvalue weighted by Crippen LogP contribution is 2.32. The summed E-state index contributed by atoms with van der Waals surface area (Å²) in [5.74, 6) is 0.146. The molecule has 0 spiro atoms. The van der Waals surface area contributed by atoms with Crippen molar-refractivity contribution < 1.29 is 4.79 Å². The van der Waals surface area contributed by atoms with Gasteiger partial charge >= 0.3 is 0 Å². The van der Waals surface area contributed by atoms with Gasteiger partial charge in [-0.3, -0.25) is 9.69 Å². The highest BCUT2D eigenvalue weighted by Gasteiger charge is 2.36. The van der Waals surface area contributed by atoms with E-state index >= 15 is 0 Å². The van der Waals surface area contributed by atoms with E-state index in [1.54, 1.807) is 19.0 Å². The second-order valence-electron chi connectivity index (χ2n) is 5.40. The van der Waals surface area contributed by atoms with Crippen molar-refractivity contribution in [1.82, 2.24) is 9.80 Å². The Morgan fingerprint density at radius 2 is 2.20 bits per heavy atom. The van der Waals surface area contributed by atoms with E-state index in [1.807, 2.05) is 24.3 Å². The Balaban J connectivity index is 2.27. The smallest absolute Gasteiger partial charge is 0.239 e. The molecule has 2 N–H and O–H groups in total. The lowest BCUT2D eigenvalue weighted by molar-refractivity contribution is -0.134. The summed E-state index contributed by atoms with van der Waals surface area (Å²) < 4.78 is 0. The minimum absolute atomic E-state index is 0.0000926. The summed E-state index contributed by atoms with van der Waals surface area (Å²) in [6, 6.07) is 7.65. The minimum Gasteiger partial charge on any atom is -0.347 e. The lowest BCUT2D eigenvalue weighted by atomic mass is 10.0. The number of likely N-dealkylation sites (N-methyl/N-ethyl adjacent to an activating group) is 1. The largest absolute Gasteiger partial charge is 0.347 e. The van der Waals surface area contributed by atoms with Gasteiger partial charge in [0.25, 0.3) is 0 Å². The molecule has 0 aromatic heterocycles. The quantitative estimate of drug-likeness (QED) is 0.923. The number of nitrogens with two attached hydrogens (primary N) is 1. The topological polar surface area (TPSA) is 49.6 Å². The van der Waals surface area contributed by atoms with E-state index in [4.69, 9.17) is 17.3 Å². The molecule has 1 amide bonds. The van der Waals surface area contributed by atoms with Crippen molar-refractivity contribution in [3.63, 3.8) is 0 Å². The summed E-state index contributed by atoms with van der Waals surface area (Å²) in [7, 11) is 3.59. The van der Waals surface area contributed by atoms with E-state index in [0.717, 1.165) is 24.9 Å². The van der Waals surface area contributed by atoms with Crippen LogP contribution in [-0.2, 0) is 4.79 Å². The third-order valence-corrected chi connectivity index (χ3v) is 4.25. The maximum absolute atomic E-state index is 12.3. The monoisotopic (exact) mass is 295 g/mol. The predicted molar refractivity (Wildman–Crippen MR) is 81.7 cm³/mol. The van der Waals surface area contributed by atoms with E-state index in [0.29, 0.717) is 11.6 Å². The van der Waals surface area contributed by atoms with Crippen LogP contribution in [0.1, 0.15) is 24.4 Å². The SMILES string of the molecule is CN(C)C(=O)C1CCCN1C(CN)c1ccccc1Cl. The van der Waals surface area contributed by atoms with Gasteiger partial charge in [-0.05, 0) is 31.0 Å². The average Bonchev–Trinajstić information content (AvgIpc) is 2.90. The van der Waals surface area contributed by atoms with Crippen LogP contribution in [0.3, 0.4) is 0 Å². The summed E-state index contributed by atoms with van der Waals surface area (Å²) in [5, 5.41) is 0.714. The number of likely N-dealkylation sites (tertiary alicyclic amines) is 1. The lowest BCUT2D eigenvalue weighted by Gasteiger charge is -2.33. The number of halogens is 1. The van der Waals surface area contributed by atoms with Crippen LogP contribution in [-0.4, -0.2) is 48.9 Å². The van der Waals surface area contributed by atoms with Crippen molar-refractivity contribution in [3.8, 4) is 0 Å². The second-order valence-corrected chi connectivity index (χ2v) is 5.81. The number of nitrogens with zero attached hydrogens (tertiary/aromatic N) is 2. The Morgan fingerprint density at radius 3 is 2.80 bits per heavy atom. The number of carbonyl (C=O) groups excluding carboxylic acids is 1. The number of hydrogen-bond donors (Lipinski definition) is 1. The van der Waals surface area contributed by atoms with Crippen LogP contribution in [0.4, 0.5) is 0 Å². The summed E-state index contributed by atoms with van der Waals surface area (Å²) in [6.07, 6.45) is 1.91. The average molecular weight is 296 g/mol. The van der Waals surface area contributed by atoms with Gasteiger partial charge in [0.05, 0.1) is 6.04 Å². The van der Waals surface area contributed by atoms with Crippen LogP contribution < -0.4 is 5.73 Å². The van der Waals surface area contributed by atoms with Gasteiger partial charge in [0, 0.05) is 31.7 Å². The lowest BCUT2D eigenvalue weighted by Crippen LogP contribution is -2.46. The van der Waals surface area contributed by atoms with Gasteiger partial charge in [-0.25, -0.2) is 0 Å².